The fourth-order valence-electron chi connectivity index (χ4n) is 4.73. The van der Waals surface area contributed by atoms with E-state index in [1.165, 1.54) is 16.2 Å². The van der Waals surface area contributed by atoms with Crippen molar-refractivity contribution in [2.75, 3.05) is 13.1 Å². The molecule has 2 aliphatic heterocycles. The van der Waals surface area contributed by atoms with Crippen LogP contribution in [-0.2, 0) is 14.3 Å². The molecule has 2 radical (unpaired) electrons. The summed E-state index contributed by atoms with van der Waals surface area (Å²) >= 11 is 0. The third kappa shape index (κ3) is 3.28. The van der Waals surface area contributed by atoms with Gasteiger partial charge in [0, 0.05) is 0 Å². The second-order valence-corrected chi connectivity index (χ2v) is 8.87. The third-order valence-electron chi connectivity index (χ3n) is 6.41. The molecule has 1 saturated carbocycles. The van der Waals surface area contributed by atoms with E-state index in [1.54, 1.807) is 0 Å². The molecular weight excluding hydrogens is 326 g/mol. The minimum absolute atomic E-state index is 0.118. The summed E-state index contributed by atoms with van der Waals surface area (Å²) in [7, 11) is 8.16. The van der Waals surface area contributed by atoms with Gasteiger partial charge in [0.05, 0.1) is 0 Å². The van der Waals surface area contributed by atoms with Crippen LogP contribution in [0.1, 0.15) is 53.9 Å². The molecule has 7 heteroatoms. The van der Waals surface area contributed by atoms with Crippen LogP contribution >= 0.6 is 0 Å². The number of carbonyl (C=O) groups is 2. The average Bonchev–Trinajstić information content (AvgIpc) is 2.97. The van der Waals surface area contributed by atoms with E-state index in [1.807, 2.05) is 13.8 Å². The standard InChI is InChI=1S/C19H30B2N2O3/c1-6-22-16(24)14(17(25)23(7-2)18(22)20)15-21-12-9-8-11(19(3,4)5)10-13(12)26-15/h11-15H,6-10H2,1-5H3. The van der Waals surface area contributed by atoms with Gasteiger partial charge in [-0.15, -0.1) is 0 Å². The van der Waals surface area contributed by atoms with E-state index < -0.39 is 11.9 Å². The molecule has 3 rings (SSSR count). The number of carbonyl (C=O) groups excluding carboxylic acids is 2. The molecule has 2 amide bonds. The summed E-state index contributed by atoms with van der Waals surface area (Å²) < 4.78 is 6.29. The van der Waals surface area contributed by atoms with Crippen LogP contribution in [0.4, 0.5) is 0 Å². The first-order chi connectivity index (χ1) is 12.2. The van der Waals surface area contributed by atoms with Gasteiger partial charge in [-0.1, -0.05) is 0 Å². The van der Waals surface area contributed by atoms with Gasteiger partial charge in [0.25, 0.3) is 0 Å². The van der Waals surface area contributed by atoms with Gasteiger partial charge in [-0.05, 0) is 0 Å². The first kappa shape index (κ1) is 19.7. The molecule has 4 unspecified atom stereocenters. The van der Waals surface area contributed by atoms with Gasteiger partial charge in [-0.2, -0.15) is 0 Å². The minimum atomic E-state index is -0.805. The zero-order valence-electron chi connectivity index (χ0n) is 16.7. The van der Waals surface area contributed by atoms with Gasteiger partial charge in [-0.25, -0.2) is 0 Å². The van der Waals surface area contributed by atoms with Crippen molar-refractivity contribution in [1.29, 1.82) is 0 Å². The molecule has 3 fully saturated rings. The van der Waals surface area contributed by atoms with Gasteiger partial charge < -0.3 is 0 Å². The monoisotopic (exact) mass is 356 g/mol. The molecule has 5 nitrogen and oxygen atoms in total. The first-order valence-electron chi connectivity index (χ1n) is 9.94. The summed E-state index contributed by atoms with van der Waals surface area (Å²) in [6.07, 6.45) is 3.36. The van der Waals surface area contributed by atoms with Crippen molar-refractivity contribution in [2.24, 2.45) is 17.3 Å². The Bertz CT molecular complexity index is 578. The van der Waals surface area contributed by atoms with E-state index in [9.17, 15) is 9.59 Å². The molecule has 0 aromatic rings. The van der Waals surface area contributed by atoms with Crippen molar-refractivity contribution >= 4 is 32.3 Å². The van der Waals surface area contributed by atoms with Crippen molar-refractivity contribution < 1.29 is 14.3 Å². The molecule has 0 bridgehead atoms. The molecule has 26 heavy (non-hydrogen) atoms. The quantitative estimate of drug-likeness (QED) is 0.571. The maximum atomic E-state index is 12.9. The van der Waals surface area contributed by atoms with Gasteiger partial charge in [0.15, 0.2) is 0 Å². The summed E-state index contributed by atoms with van der Waals surface area (Å²) in [6, 6.07) is -0.445. The van der Waals surface area contributed by atoms with E-state index in [2.05, 4.69) is 28.1 Å². The number of hydrogen-bond acceptors (Lipinski definition) is 3. The molecule has 1 aliphatic carbocycles. The molecule has 0 spiro atoms. The zero-order chi connectivity index (χ0) is 19.2. The van der Waals surface area contributed by atoms with Gasteiger partial charge in [-0.3, -0.25) is 0 Å². The first-order valence-corrected chi connectivity index (χ1v) is 9.94. The SMILES string of the molecule is [B]=C1N(CC)C(=O)C(C2[B]C3CCC(C(C)(C)C)CC3O2)C(=O)N1CC. The Labute approximate surface area is 159 Å². The average molecular weight is 356 g/mol. The topological polar surface area (TPSA) is 49.9 Å². The van der Waals surface area contributed by atoms with E-state index >= 15 is 0 Å². The van der Waals surface area contributed by atoms with Gasteiger partial charge in [0.2, 0.25) is 0 Å². The Morgan fingerprint density at radius 1 is 1.12 bits per heavy atom. The molecule has 0 aromatic heterocycles. The maximum absolute atomic E-state index is 12.9. The number of fused-ring (bicyclic) bond motifs is 1. The Hall–Kier alpha value is -1.10. The predicted molar refractivity (Wildman–Crippen MR) is 104 cm³/mol. The molecule has 2 saturated heterocycles. The number of rotatable bonds is 3. The van der Waals surface area contributed by atoms with Gasteiger partial charge in [0.1, 0.15) is 0 Å². The van der Waals surface area contributed by atoms with Crippen LogP contribution in [-0.4, -0.2) is 67.3 Å². The fourth-order valence-corrected chi connectivity index (χ4v) is 4.73. The van der Waals surface area contributed by atoms with Crippen molar-refractivity contribution in [3.05, 3.63) is 0 Å². The van der Waals surface area contributed by atoms with Crippen LogP contribution < -0.4 is 0 Å². The molecule has 140 valence electrons. The Balaban J connectivity index is 1.78. The van der Waals surface area contributed by atoms with Crippen LogP contribution in [0.5, 0.6) is 0 Å². The van der Waals surface area contributed by atoms with E-state index in [4.69, 9.17) is 12.2 Å². The van der Waals surface area contributed by atoms with Crippen LogP contribution in [0, 0.1) is 17.3 Å². The van der Waals surface area contributed by atoms with Crippen LogP contribution in [0.25, 0.3) is 0 Å². The Morgan fingerprint density at radius 2 is 1.69 bits per heavy atom. The normalized spacial score (nSPS) is 33.5. The summed E-state index contributed by atoms with van der Waals surface area (Å²) in [5, 5.41) is 0. The molecule has 3 aliphatic rings. The fraction of sp³-hybridized carbons (Fsp3) is 0.842. The van der Waals surface area contributed by atoms with Crippen LogP contribution in [0.3, 0.4) is 0 Å². The van der Waals surface area contributed by atoms with Crippen LogP contribution in [0.2, 0.25) is 5.82 Å². The van der Waals surface area contributed by atoms with Crippen molar-refractivity contribution in [3.63, 3.8) is 0 Å². The second-order valence-electron chi connectivity index (χ2n) is 8.87. The molecule has 0 aromatic carbocycles. The van der Waals surface area contributed by atoms with E-state index in [0.29, 0.717) is 24.8 Å². The number of ether oxygens (including phenoxy) is 1. The van der Waals surface area contributed by atoms with E-state index in [-0.39, 0.29) is 29.0 Å². The van der Waals surface area contributed by atoms with Gasteiger partial charge >= 0.3 is 159 Å². The number of nitrogens with zero attached hydrogens (tertiary/aromatic N) is 2. The predicted octanol–water partition coefficient (Wildman–Crippen LogP) is 1.63. The van der Waals surface area contributed by atoms with Crippen LogP contribution in [0.15, 0.2) is 0 Å². The summed E-state index contributed by atoms with van der Waals surface area (Å²) in [6.45, 7) is 11.5. The molecule has 4 atom stereocenters. The van der Waals surface area contributed by atoms with Crippen molar-refractivity contribution in [2.45, 2.75) is 71.8 Å². The second kappa shape index (κ2) is 7.14. The number of hydrogen-bond donors (Lipinski definition) is 0. The third-order valence-corrected chi connectivity index (χ3v) is 6.41. The molecule has 0 N–H and O–H groups in total. The van der Waals surface area contributed by atoms with E-state index in [0.717, 1.165) is 12.8 Å². The Kier molecular flexibility index (Phi) is 5.40. The zero-order valence-corrected chi connectivity index (χ0v) is 16.7. The molecule has 2 heterocycles. The van der Waals surface area contributed by atoms with Crippen molar-refractivity contribution in [3.8, 4) is 0 Å². The Morgan fingerprint density at radius 3 is 2.19 bits per heavy atom. The number of amides is 2. The van der Waals surface area contributed by atoms with Crippen molar-refractivity contribution in [1.82, 2.24) is 9.80 Å². The summed E-state index contributed by atoms with van der Waals surface area (Å²) in [5.74, 6) is -0.315. The molecular formula is C19H30B2N2O3. The summed E-state index contributed by atoms with van der Waals surface area (Å²) in [4.78, 5) is 28.9. The summed E-state index contributed by atoms with van der Waals surface area (Å²) in [5.41, 5.74) is 0.495.